The zero-order valence-electron chi connectivity index (χ0n) is 22.0. The first kappa shape index (κ1) is 22.6. The minimum absolute atomic E-state index is 0.198. The van der Waals surface area contributed by atoms with Crippen LogP contribution < -0.4 is 4.74 Å². The number of likely N-dealkylation sites (tertiary alicyclic amines) is 1. The minimum atomic E-state index is -0.832. The van der Waals surface area contributed by atoms with E-state index in [9.17, 15) is 10.2 Å². The average Bonchev–Trinajstić information content (AvgIpc) is 3.63. The van der Waals surface area contributed by atoms with E-state index in [0.717, 1.165) is 49.4 Å². The molecule has 2 N–H and O–H groups in total. The lowest BCUT2D eigenvalue weighted by atomic mass is 9.33. The van der Waals surface area contributed by atoms with E-state index in [0.29, 0.717) is 11.8 Å². The van der Waals surface area contributed by atoms with E-state index in [-0.39, 0.29) is 22.7 Å². The van der Waals surface area contributed by atoms with Crippen molar-refractivity contribution in [2.45, 2.75) is 75.2 Å². The minimum Gasteiger partial charge on any atom is -0.504 e. The molecule has 194 valence electrons. The Bertz CT molecular complexity index is 1350. The molecule has 2 aromatic carbocycles. The van der Waals surface area contributed by atoms with E-state index in [2.05, 4.69) is 49.1 Å². The molecule has 37 heavy (non-hydrogen) atoms. The Kier molecular flexibility index (Phi) is 4.28. The Balaban J connectivity index is 1.38. The fourth-order valence-electron chi connectivity index (χ4n) is 9.75. The number of benzene rings is 2. The van der Waals surface area contributed by atoms with Gasteiger partial charge in [-0.05, 0) is 68.7 Å². The zero-order valence-corrected chi connectivity index (χ0v) is 22.0. The third-order valence-corrected chi connectivity index (χ3v) is 11.5. The highest BCUT2D eigenvalue weighted by molar-refractivity contribution is 5.65. The first-order valence-electron chi connectivity index (χ1n) is 14.1. The van der Waals surface area contributed by atoms with Crippen LogP contribution in [0.25, 0.3) is 0 Å². The van der Waals surface area contributed by atoms with Crippen molar-refractivity contribution in [1.82, 2.24) is 4.90 Å². The van der Waals surface area contributed by atoms with E-state index in [4.69, 9.17) is 9.47 Å². The van der Waals surface area contributed by atoms with E-state index >= 15 is 0 Å². The lowest BCUT2D eigenvalue weighted by molar-refractivity contribution is -0.270. The SMILES string of the molecule is CO[C@]12C=C[C@@]3(C[C@]1(C)C(O)c1cccc(C)c1)[C@H]1Cc4ccc(O)c5c4[C@@]3(CCN1CC1CC1)[C@H]2O5. The average molecular weight is 500 g/mol. The molecule has 5 heteroatoms. The van der Waals surface area contributed by atoms with Crippen LogP contribution in [0, 0.1) is 23.7 Å². The molecule has 5 aliphatic carbocycles. The highest BCUT2D eigenvalue weighted by Crippen LogP contribution is 2.78. The molecule has 2 aromatic rings. The maximum Gasteiger partial charge on any atom is 0.165 e. The van der Waals surface area contributed by atoms with Crippen molar-refractivity contribution < 1.29 is 19.7 Å². The van der Waals surface area contributed by atoms with Crippen LogP contribution in [-0.2, 0) is 16.6 Å². The molecule has 2 spiro atoms. The van der Waals surface area contributed by atoms with Crippen molar-refractivity contribution in [3.63, 3.8) is 0 Å². The Morgan fingerprint density at radius 3 is 2.78 bits per heavy atom. The Morgan fingerprint density at radius 1 is 1.19 bits per heavy atom. The number of aryl methyl sites for hydroxylation is 1. The first-order chi connectivity index (χ1) is 17.8. The molecule has 1 saturated heterocycles. The summed E-state index contributed by atoms with van der Waals surface area (Å²) in [6.45, 7) is 6.49. The van der Waals surface area contributed by atoms with Crippen LogP contribution in [0.15, 0.2) is 48.6 Å². The van der Waals surface area contributed by atoms with Gasteiger partial charge in [-0.25, -0.2) is 0 Å². The summed E-state index contributed by atoms with van der Waals surface area (Å²) in [6, 6.07) is 12.5. The van der Waals surface area contributed by atoms with Crippen LogP contribution in [0.1, 0.15) is 61.0 Å². The Hall–Kier alpha value is -2.34. The summed E-state index contributed by atoms with van der Waals surface area (Å²) < 4.78 is 13.5. The largest absolute Gasteiger partial charge is 0.504 e. The van der Waals surface area contributed by atoms with Crippen LogP contribution in [-0.4, -0.2) is 53.1 Å². The predicted octanol–water partition coefficient (Wildman–Crippen LogP) is 4.82. The number of methoxy groups -OCH3 is 1. The first-order valence-corrected chi connectivity index (χ1v) is 14.1. The topological polar surface area (TPSA) is 62.2 Å². The fraction of sp³-hybridized carbons (Fsp3) is 0.562. The molecule has 3 fully saturated rings. The van der Waals surface area contributed by atoms with Gasteiger partial charge in [-0.15, -0.1) is 0 Å². The van der Waals surface area contributed by atoms with Gasteiger partial charge in [-0.2, -0.15) is 0 Å². The molecule has 0 amide bonds. The summed E-state index contributed by atoms with van der Waals surface area (Å²) in [7, 11) is 1.77. The molecular weight excluding hydrogens is 462 g/mol. The molecule has 7 atom stereocenters. The molecule has 9 rings (SSSR count). The van der Waals surface area contributed by atoms with Crippen molar-refractivity contribution in [2.75, 3.05) is 20.2 Å². The monoisotopic (exact) mass is 499 g/mol. The van der Waals surface area contributed by atoms with Gasteiger partial charge in [0.05, 0.1) is 11.5 Å². The second-order valence-electron chi connectivity index (χ2n) is 13.1. The van der Waals surface area contributed by atoms with Crippen LogP contribution in [0.4, 0.5) is 0 Å². The molecular formula is C32H37NO4. The number of phenols is 1. The summed E-state index contributed by atoms with van der Waals surface area (Å²) in [4.78, 5) is 2.77. The lowest BCUT2D eigenvalue weighted by Gasteiger charge is -2.74. The van der Waals surface area contributed by atoms with E-state index in [1.807, 2.05) is 18.2 Å². The molecule has 0 radical (unpaired) electrons. The Labute approximate surface area is 219 Å². The van der Waals surface area contributed by atoms with Crippen LogP contribution in [0.5, 0.6) is 11.5 Å². The molecule has 2 saturated carbocycles. The van der Waals surface area contributed by atoms with Gasteiger partial charge in [0, 0.05) is 36.1 Å². The third kappa shape index (κ3) is 2.44. The Morgan fingerprint density at radius 2 is 2.03 bits per heavy atom. The van der Waals surface area contributed by atoms with Gasteiger partial charge in [-0.3, -0.25) is 4.90 Å². The summed E-state index contributed by atoms with van der Waals surface area (Å²) in [6.07, 6.45) is 9.13. The standard InChI is InChI=1S/C32H37NO4/c1-19-5-4-6-22(15-19)27(35)29(2)18-30-11-12-32(29,36-3)28-31(30)13-14-33(17-20-7-8-20)24(30)16-21-9-10-23(34)26(37-28)25(21)31/h4-6,9-12,15,20,24,27-28,34-35H,7-8,13-14,16-18H2,1-3H3/t24-,27?,28-,29-,30-,31+,32+/m1/s1. The molecule has 7 aliphatic rings. The van der Waals surface area contributed by atoms with Crippen molar-refractivity contribution in [3.8, 4) is 11.5 Å². The fourth-order valence-corrected chi connectivity index (χ4v) is 9.75. The number of nitrogens with zero attached hydrogens (tertiary/aromatic N) is 1. The number of aliphatic hydroxyl groups is 1. The number of piperidine rings is 1. The molecule has 1 unspecified atom stereocenters. The second-order valence-corrected chi connectivity index (χ2v) is 13.1. The number of hydrogen-bond donors (Lipinski definition) is 2. The van der Waals surface area contributed by atoms with Crippen molar-refractivity contribution in [3.05, 3.63) is 70.8 Å². The number of aromatic hydroxyl groups is 1. The maximum atomic E-state index is 12.2. The molecule has 2 heterocycles. The molecule has 2 aliphatic heterocycles. The smallest absolute Gasteiger partial charge is 0.165 e. The van der Waals surface area contributed by atoms with Gasteiger partial charge >= 0.3 is 0 Å². The summed E-state index contributed by atoms with van der Waals surface area (Å²) in [5, 5.41) is 23.2. The summed E-state index contributed by atoms with van der Waals surface area (Å²) in [5.41, 5.74) is 2.70. The number of fused-ring (bicyclic) bond motifs is 1. The number of rotatable bonds is 5. The van der Waals surface area contributed by atoms with Crippen molar-refractivity contribution in [2.24, 2.45) is 16.7 Å². The quantitative estimate of drug-likeness (QED) is 0.578. The number of hydrogen-bond acceptors (Lipinski definition) is 5. The van der Waals surface area contributed by atoms with Gasteiger partial charge in [0.15, 0.2) is 11.5 Å². The van der Waals surface area contributed by atoms with E-state index < -0.39 is 17.1 Å². The number of phenolic OH excluding ortho intramolecular Hbond substituents is 1. The third-order valence-electron chi connectivity index (χ3n) is 11.5. The predicted molar refractivity (Wildman–Crippen MR) is 141 cm³/mol. The lowest BCUT2D eigenvalue weighted by Crippen LogP contribution is -2.81. The number of aliphatic hydroxyl groups excluding tert-OH is 1. The summed E-state index contributed by atoms with van der Waals surface area (Å²) >= 11 is 0. The number of ether oxygens (including phenoxy) is 2. The van der Waals surface area contributed by atoms with Gasteiger partial charge < -0.3 is 19.7 Å². The van der Waals surface area contributed by atoms with Gasteiger partial charge in [0.2, 0.25) is 0 Å². The highest BCUT2D eigenvalue weighted by atomic mass is 16.6. The van der Waals surface area contributed by atoms with E-state index in [1.54, 1.807) is 7.11 Å². The highest BCUT2D eigenvalue weighted by Gasteiger charge is 2.82. The summed E-state index contributed by atoms with van der Waals surface area (Å²) in [5.74, 6) is 1.69. The maximum absolute atomic E-state index is 12.2. The van der Waals surface area contributed by atoms with Gasteiger partial charge in [-0.1, -0.05) is 55.0 Å². The van der Waals surface area contributed by atoms with Gasteiger partial charge in [0.25, 0.3) is 0 Å². The molecule has 4 bridgehead atoms. The molecule has 5 nitrogen and oxygen atoms in total. The molecule has 0 aromatic heterocycles. The van der Waals surface area contributed by atoms with Gasteiger partial charge in [0.1, 0.15) is 11.7 Å². The van der Waals surface area contributed by atoms with Crippen LogP contribution in [0.3, 0.4) is 0 Å². The van der Waals surface area contributed by atoms with E-state index in [1.165, 1.54) is 24.0 Å². The normalized spacial score (nSPS) is 41.4. The second kappa shape index (κ2) is 6.99. The van der Waals surface area contributed by atoms with Crippen LogP contribution >= 0.6 is 0 Å². The van der Waals surface area contributed by atoms with Crippen molar-refractivity contribution >= 4 is 0 Å². The zero-order chi connectivity index (χ0) is 25.4. The van der Waals surface area contributed by atoms with Crippen molar-refractivity contribution in [1.29, 1.82) is 0 Å². The van der Waals surface area contributed by atoms with Crippen LogP contribution in [0.2, 0.25) is 0 Å².